The van der Waals surface area contributed by atoms with Crippen molar-refractivity contribution in [2.45, 2.75) is 19.4 Å². The topological polar surface area (TPSA) is 64.7 Å². The minimum Gasteiger partial charge on any atom is -0.507 e. The van der Waals surface area contributed by atoms with Gasteiger partial charge in [-0.3, -0.25) is 0 Å². The molecule has 76 valence electrons. The Labute approximate surface area is 82.2 Å². The van der Waals surface area contributed by atoms with E-state index in [4.69, 9.17) is 15.2 Å². The standard InChI is InChI=1S/C10H13NO3/c1-10(2,11)8-6(12)3-4-7-9(8)14-5-13-7/h3-4,12H,5,11H2,1-2H3. The van der Waals surface area contributed by atoms with Gasteiger partial charge in [-0.25, -0.2) is 0 Å². The highest BCUT2D eigenvalue weighted by atomic mass is 16.7. The van der Waals surface area contributed by atoms with E-state index in [1.807, 2.05) is 13.8 Å². The Morgan fingerprint density at radius 1 is 1.36 bits per heavy atom. The van der Waals surface area contributed by atoms with E-state index in [1.165, 1.54) is 0 Å². The third kappa shape index (κ3) is 1.28. The Kier molecular flexibility index (Phi) is 1.82. The van der Waals surface area contributed by atoms with Crippen LogP contribution in [0.3, 0.4) is 0 Å². The lowest BCUT2D eigenvalue weighted by molar-refractivity contribution is 0.172. The molecule has 0 atom stereocenters. The number of phenols is 1. The number of hydrogen-bond donors (Lipinski definition) is 2. The Morgan fingerprint density at radius 3 is 2.71 bits per heavy atom. The molecule has 0 saturated heterocycles. The van der Waals surface area contributed by atoms with Gasteiger partial charge in [0.05, 0.1) is 5.56 Å². The van der Waals surface area contributed by atoms with Crippen molar-refractivity contribution in [2.75, 3.05) is 6.79 Å². The molecule has 1 aliphatic heterocycles. The molecule has 0 spiro atoms. The number of nitrogens with two attached hydrogens (primary N) is 1. The quantitative estimate of drug-likeness (QED) is 0.709. The van der Waals surface area contributed by atoms with Crippen LogP contribution in [0, 0.1) is 0 Å². The first-order chi connectivity index (χ1) is 6.50. The average Bonchev–Trinajstić information content (AvgIpc) is 2.48. The van der Waals surface area contributed by atoms with Crippen LogP contribution in [0.2, 0.25) is 0 Å². The summed E-state index contributed by atoms with van der Waals surface area (Å²) in [5.74, 6) is 1.33. The molecule has 1 heterocycles. The summed E-state index contributed by atoms with van der Waals surface area (Å²) in [7, 11) is 0. The first-order valence-corrected chi connectivity index (χ1v) is 4.41. The van der Waals surface area contributed by atoms with Gasteiger partial charge in [0, 0.05) is 5.54 Å². The van der Waals surface area contributed by atoms with E-state index >= 15 is 0 Å². The van der Waals surface area contributed by atoms with E-state index < -0.39 is 5.54 Å². The van der Waals surface area contributed by atoms with E-state index in [9.17, 15) is 5.11 Å². The maximum absolute atomic E-state index is 9.69. The van der Waals surface area contributed by atoms with Gasteiger partial charge in [0.25, 0.3) is 0 Å². The van der Waals surface area contributed by atoms with Crippen molar-refractivity contribution >= 4 is 0 Å². The Bertz CT molecular complexity index is 368. The van der Waals surface area contributed by atoms with Crippen LogP contribution in [0.5, 0.6) is 17.2 Å². The maximum Gasteiger partial charge on any atom is 0.231 e. The molecule has 0 aliphatic carbocycles. The zero-order valence-corrected chi connectivity index (χ0v) is 8.20. The molecule has 2 rings (SSSR count). The van der Waals surface area contributed by atoms with Gasteiger partial charge in [0.2, 0.25) is 6.79 Å². The molecule has 14 heavy (non-hydrogen) atoms. The fraction of sp³-hybridized carbons (Fsp3) is 0.400. The van der Waals surface area contributed by atoms with Gasteiger partial charge in [0.1, 0.15) is 5.75 Å². The van der Waals surface area contributed by atoms with Gasteiger partial charge >= 0.3 is 0 Å². The lowest BCUT2D eigenvalue weighted by atomic mass is 9.93. The van der Waals surface area contributed by atoms with Crippen LogP contribution in [0.4, 0.5) is 0 Å². The second-order valence-electron chi connectivity index (χ2n) is 3.92. The van der Waals surface area contributed by atoms with Crippen molar-refractivity contribution < 1.29 is 14.6 Å². The highest BCUT2D eigenvalue weighted by molar-refractivity contribution is 5.57. The molecular formula is C10H13NO3. The first-order valence-electron chi connectivity index (χ1n) is 4.41. The number of fused-ring (bicyclic) bond motifs is 1. The fourth-order valence-corrected chi connectivity index (χ4v) is 1.58. The summed E-state index contributed by atoms with van der Waals surface area (Å²) in [5, 5.41) is 9.69. The number of ether oxygens (including phenoxy) is 2. The largest absolute Gasteiger partial charge is 0.507 e. The zero-order valence-electron chi connectivity index (χ0n) is 8.20. The van der Waals surface area contributed by atoms with Crippen LogP contribution in [-0.2, 0) is 5.54 Å². The van der Waals surface area contributed by atoms with Crippen LogP contribution in [0.25, 0.3) is 0 Å². The first kappa shape index (κ1) is 9.15. The number of aromatic hydroxyl groups is 1. The van der Waals surface area contributed by atoms with Crippen molar-refractivity contribution in [3.63, 3.8) is 0 Å². The molecule has 0 aromatic heterocycles. The second-order valence-corrected chi connectivity index (χ2v) is 3.92. The van der Waals surface area contributed by atoms with Crippen LogP contribution in [-0.4, -0.2) is 11.9 Å². The van der Waals surface area contributed by atoms with Crippen molar-refractivity contribution in [2.24, 2.45) is 5.73 Å². The Balaban J connectivity index is 2.63. The van der Waals surface area contributed by atoms with Gasteiger partial charge in [-0.05, 0) is 26.0 Å². The van der Waals surface area contributed by atoms with Crippen molar-refractivity contribution in [1.29, 1.82) is 0 Å². The number of hydrogen-bond acceptors (Lipinski definition) is 4. The molecule has 1 aliphatic rings. The predicted octanol–water partition coefficient (Wildman–Crippen LogP) is 1.31. The summed E-state index contributed by atoms with van der Waals surface area (Å²) < 4.78 is 10.5. The summed E-state index contributed by atoms with van der Waals surface area (Å²) in [6.07, 6.45) is 0. The van der Waals surface area contributed by atoms with Gasteiger partial charge in [-0.15, -0.1) is 0 Å². The highest BCUT2D eigenvalue weighted by Crippen LogP contribution is 2.44. The lowest BCUT2D eigenvalue weighted by Gasteiger charge is -2.21. The number of rotatable bonds is 1. The smallest absolute Gasteiger partial charge is 0.231 e. The normalized spacial score (nSPS) is 14.5. The van der Waals surface area contributed by atoms with E-state index in [0.717, 1.165) is 0 Å². The molecule has 0 bridgehead atoms. The molecule has 0 radical (unpaired) electrons. The Morgan fingerprint density at radius 2 is 2.07 bits per heavy atom. The molecule has 1 aromatic carbocycles. The summed E-state index contributed by atoms with van der Waals surface area (Å²) in [6, 6.07) is 3.24. The molecule has 0 fully saturated rings. The molecule has 3 N–H and O–H groups in total. The van der Waals surface area contributed by atoms with Crippen LogP contribution in [0.1, 0.15) is 19.4 Å². The van der Waals surface area contributed by atoms with Crippen molar-refractivity contribution in [1.82, 2.24) is 0 Å². The third-order valence-electron chi connectivity index (χ3n) is 2.16. The molecule has 0 saturated carbocycles. The monoisotopic (exact) mass is 195 g/mol. The summed E-state index contributed by atoms with van der Waals surface area (Å²) in [4.78, 5) is 0. The molecule has 4 heteroatoms. The van der Waals surface area contributed by atoms with Crippen LogP contribution in [0.15, 0.2) is 12.1 Å². The van der Waals surface area contributed by atoms with Gasteiger partial charge in [-0.1, -0.05) is 0 Å². The van der Waals surface area contributed by atoms with Gasteiger partial charge < -0.3 is 20.3 Å². The van der Waals surface area contributed by atoms with E-state index in [-0.39, 0.29) is 12.5 Å². The van der Waals surface area contributed by atoms with Crippen LogP contribution >= 0.6 is 0 Å². The minimum absolute atomic E-state index is 0.141. The third-order valence-corrected chi connectivity index (χ3v) is 2.16. The highest BCUT2D eigenvalue weighted by Gasteiger charge is 2.29. The lowest BCUT2D eigenvalue weighted by Crippen LogP contribution is -2.29. The summed E-state index contributed by atoms with van der Waals surface area (Å²) in [5.41, 5.74) is 5.88. The number of benzene rings is 1. The molecule has 0 amide bonds. The molecule has 4 nitrogen and oxygen atoms in total. The van der Waals surface area contributed by atoms with Gasteiger partial charge in [0.15, 0.2) is 11.5 Å². The van der Waals surface area contributed by atoms with Crippen LogP contribution < -0.4 is 15.2 Å². The maximum atomic E-state index is 9.69. The van der Waals surface area contributed by atoms with E-state index in [0.29, 0.717) is 17.1 Å². The summed E-state index contributed by atoms with van der Waals surface area (Å²) >= 11 is 0. The predicted molar refractivity (Wildman–Crippen MR) is 51.4 cm³/mol. The van der Waals surface area contributed by atoms with E-state index in [1.54, 1.807) is 12.1 Å². The molecule has 0 unspecified atom stereocenters. The van der Waals surface area contributed by atoms with Gasteiger partial charge in [-0.2, -0.15) is 0 Å². The fourth-order valence-electron chi connectivity index (χ4n) is 1.58. The Hall–Kier alpha value is -1.42. The number of phenolic OH excluding ortho intramolecular Hbond substituents is 1. The minimum atomic E-state index is -0.650. The van der Waals surface area contributed by atoms with E-state index in [2.05, 4.69) is 0 Å². The zero-order chi connectivity index (χ0) is 10.3. The average molecular weight is 195 g/mol. The SMILES string of the molecule is CC(C)(N)c1c(O)ccc2c1OCO2. The summed E-state index contributed by atoms with van der Waals surface area (Å²) in [6.45, 7) is 3.80. The van der Waals surface area contributed by atoms with Crippen molar-refractivity contribution in [3.05, 3.63) is 17.7 Å². The molecular weight excluding hydrogens is 182 g/mol. The second kappa shape index (κ2) is 2.78. The molecule has 1 aromatic rings. The van der Waals surface area contributed by atoms with Crippen molar-refractivity contribution in [3.8, 4) is 17.2 Å².